The fourth-order valence-electron chi connectivity index (χ4n) is 2.14. The molecule has 0 amide bonds. The molecular weight excluding hydrogens is 276 g/mol. The third kappa shape index (κ3) is 1.91. The van der Waals surface area contributed by atoms with Gasteiger partial charge in [-0.05, 0) is 6.08 Å². The van der Waals surface area contributed by atoms with Gasteiger partial charge in [0.15, 0.2) is 5.78 Å². The Balaban J connectivity index is 2.19. The largest absolute Gasteiger partial charge is 0.493 e. The second-order valence-electron chi connectivity index (χ2n) is 4.43. The Morgan fingerprint density at radius 1 is 0.857 bits per heavy atom. The van der Waals surface area contributed by atoms with E-state index in [0.717, 1.165) is 6.08 Å². The number of aromatic amines is 2. The highest BCUT2D eigenvalue weighted by atomic mass is 16.3. The van der Waals surface area contributed by atoms with Crippen LogP contribution in [0.2, 0.25) is 0 Å². The Morgan fingerprint density at radius 2 is 1.48 bits per heavy atom. The van der Waals surface area contributed by atoms with Crippen molar-refractivity contribution in [2.75, 3.05) is 0 Å². The van der Waals surface area contributed by atoms with Crippen LogP contribution in [0.25, 0.3) is 6.08 Å². The lowest BCUT2D eigenvalue weighted by atomic mass is 9.84. The molecule has 21 heavy (non-hydrogen) atoms. The van der Waals surface area contributed by atoms with Crippen LogP contribution < -0.4 is 5.69 Å². The van der Waals surface area contributed by atoms with Crippen molar-refractivity contribution in [2.24, 2.45) is 0 Å². The number of nitrogens with one attached hydrogen (secondary N) is 2. The average Bonchev–Trinajstić information content (AvgIpc) is 2.79. The van der Waals surface area contributed by atoms with Crippen LogP contribution in [0.15, 0.2) is 34.6 Å². The van der Waals surface area contributed by atoms with Crippen LogP contribution >= 0.6 is 0 Å². The molecule has 3 rings (SSSR count). The predicted molar refractivity (Wildman–Crippen MR) is 71.2 cm³/mol. The van der Waals surface area contributed by atoms with Gasteiger partial charge in [-0.25, -0.2) is 4.79 Å². The zero-order valence-electron chi connectivity index (χ0n) is 10.5. The number of aromatic nitrogens is 2. The van der Waals surface area contributed by atoms with Crippen molar-refractivity contribution in [3.05, 3.63) is 57.1 Å². The van der Waals surface area contributed by atoms with Crippen molar-refractivity contribution in [1.29, 1.82) is 0 Å². The summed E-state index contributed by atoms with van der Waals surface area (Å²) in [4.78, 5) is 51.5. The van der Waals surface area contributed by atoms with E-state index in [2.05, 4.69) is 4.98 Å². The molecule has 104 valence electrons. The molecule has 0 atom stereocenters. The summed E-state index contributed by atoms with van der Waals surface area (Å²) in [6.45, 7) is 0. The minimum atomic E-state index is -0.972. The quantitative estimate of drug-likeness (QED) is 0.398. The number of Topliss-reactive ketones (excluding diaryl/α,β-unsaturated/α-hetero) is 3. The van der Waals surface area contributed by atoms with Gasteiger partial charge in [0, 0.05) is 11.1 Å². The molecule has 1 aromatic carbocycles. The normalized spacial score (nSPS) is 16.4. The Kier molecular flexibility index (Phi) is 2.69. The van der Waals surface area contributed by atoms with E-state index in [0.29, 0.717) is 0 Å². The molecule has 7 nitrogen and oxygen atoms in total. The Labute approximate surface area is 116 Å². The first kappa shape index (κ1) is 12.8. The van der Waals surface area contributed by atoms with Gasteiger partial charge < -0.3 is 10.1 Å². The van der Waals surface area contributed by atoms with E-state index >= 15 is 0 Å². The number of allylic oxidation sites excluding steroid dienone is 1. The van der Waals surface area contributed by atoms with E-state index < -0.39 is 34.5 Å². The van der Waals surface area contributed by atoms with E-state index in [1.807, 2.05) is 4.98 Å². The number of aromatic hydroxyl groups is 1. The maximum Gasteiger partial charge on any atom is 0.326 e. The van der Waals surface area contributed by atoms with Gasteiger partial charge >= 0.3 is 5.69 Å². The zero-order chi connectivity index (χ0) is 15.1. The van der Waals surface area contributed by atoms with Crippen molar-refractivity contribution in [3.63, 3.8) is 0 Å². The van der Waals surface area contributed by atoms with E-state index in [9.17, 15) is 24.3 Å². The van der Waals surface area contributed by atoms with Crippen LogP contribution in [-0.2, 0) is 4.79 Å². The molecule has 0 spiro atoms. The average molecular weight is 284 g/mol. The van der Waals surface area contributed by atoms with Crippen LogP contribution in [0.5, 0.6) is 5.88 Å². The number of rotatable bonds is 1. The summed E-state index contributed by atoms with van der Waals surface area (Å²) in [6, 6.07) is 5.98. The molecule has 1 aliphatic carbocycles. The Morgan fingerprint density at radius 3 is 2.05 bits per heavy atom. The van der Waals surface area contributed by atoms with Crippen molar-refractivity contribution in [2.45, 2.75) is 0 Å². The highest BCUT2D eigenvalue weighted by molar-refractivity contribution is 6.60. The third-order valence-corrected chi connectivity index (χ3v) is 3.14. The number of hydrogen-bond acceptors (Lipinski definition) is 5. The first-order chi connectivity index (χ1) is 9.99. The number of imidazole rings is 1. The second kappa shape index (κ2) is 4.41. The molecule has 1 aliphatic rings. The van der Waals surface area contributed by atoms with Gasteiger partial charge in [-0.3, -0.25) is 19.4 Å². The topological polar surface area (TPSA) is 120 Å². The smallest absolute Gasteiger partial charge is 0.326 e. The summed E-state index contributed by atoms with van der Waals surface area (Å²) in [5.41, 5.74) is -1.06. The van der Waals surface area contributed by atoms with Crippen molar-refractivity contribution >= 4 is 23.4 Å². The first-order valence-electron chi connectivity index (χ1n) is 5.94. The van der Waals surface area contributed by atoms with Crippen LogP contribution in [0.3, 0.4) is 0 Å². The molecule has 3 N–H and O–H groups in total. The summed E-state index contributed by atoms with van der Waals surface area (Å²) < 4.78 is 0. The molecule has 0 fully saturated rings. The van der Waals surface area contributed by atoms with Crippen LogP contribution in [0.4, 0.5) is 0 Å². The van der Waals surface area contributed by atoms with E-state index in [1.165, 1.54) is 12.1 Å². The Bertz CT molecular complexity index is 885. The van der Waals surface area contributed by atoms with Gasteiger partial charge in [0.25, 0.3) is 0 Å². The van der Waals surface area contributed by atoms with Gasteiger partial charge in [0.05, 0.1) is 5.57 Å². The van der Waals surface area contributed by atoms with Gasteiger partial charge in [0.2, 0.25) is 17.4 Å². The van der Waals surface area contributed by atoms with Crippen LogP contribution in [-0.4, -0.2) is 32.4 Å². The minimum Gasteiger partial charge on any atom is -0.493 e. The maximum atomic E-state index is 12.3. The maximum absolute atomic E-state index is 12.3. The fraction of sp³-hybridized carbons (Fsp3) is 0. The number of carbonyl (C=O) groups is 3. The lowest BCUT2D eigenvalue weighted by Crippen LogP contribution is -2.29. The fourth-order valence-corrected chi connectivity index (χ4v) is 2.14. The molecule has 0 aliphatic heterocycles. The zero-order valence-corrected chi connectivity index (χ0v) is 10.5. The molecule has 0 radical (unpaired) electrons. The first-order valence-corrected chi connectivity index (χ1v) is 5.94. The van der Waals surface area contributed by atoms with Crippen molar-refractivity contribution < 1.29 is 19.5 Å². The highest BCUT2D eigenvalue weighted by Gasteiger charge is 2.35. The van der Waals surface area contributed by atoms with Crippen molar-refractivity contribution in [3.8, 4) is 5.88 Å². The summed E-state index contributed by atoms with van der Waals surface area (Å²) >= 11 is 0. The summed E-state index contributed by atoms with van der Waals surface area (Å²) in [5.74, 6) is -2.91. The van der Waals surface area contributed by atoms with Crippen molar-refractivity contribution in [1.82, 2.24) is 9.97 Å². The molecule has 0 saturated carbocycles. The predicted octanol–water partition coefficient (Wildman–Crippen LogP) is 0.440. The highest BCUT2D eigenvalue weighted by Crippen LogP contribution is 2.25. The Hall–Kier alpha value is -3.22. The standard InChI is InChI=1S/C14H8N2O5/c17-10-6-3-1-2-4-7(6)11(18)12(19)8(10)5-9-13(20)16-14(21)15-9/h1-5,20H,(H2,15,16,21)/b8-5-. The number of benzene rings is 1. The third-order valence-electron chi connectivity index (χ3n) is 3.14. The minimum absolute atomic E-state index is 0.0523. The molecule has 0 bridgehead atoms. The number of ketones is 3. The summed E-state index contributed by atoms with van der Waals surface area (Å²) in [7, 11) is 0. The molecule has 0 saturated heterocycles. The van der Waals surface area contributed by atoms with Gasteiger partial charge in [0.1, 0.15) is 5.69 Å². The molecule has 1 heterocycles. The number of carbonyl (C=O) groups excluding carboxylic acids is 3. The number of fused-ring (bicyclic) bond motifs is 1. The van der Waals surface area contributed by atoms with E-state index in [-0.39, 0.29) is 16.8 Å². The van der Waals surface area contributed by atoms with Gasteiger partial charge in [-0.2, -0.15) is 0 Å². The lowest BCUT2D eigenvalue weighted by Gasteiger charge is -2.14. The molecule has 2 aromatic rings. The SMILES string of the molecule is O=C1C(=O)c2ccccc2C(=O)/C1=C/c1[nH]c(=O)[nH]c1O. The molecule has 0 unspecified atom stereocenters. The molecular formula is C14H8N2O5. The van der Waals surface area contributed by atoms with Gasteiger partial charge in [-0.1, -0.05) is 24.3 Å². The number of H-pyrrole nitrogens is 2. The lowest BCUT2D eigenvalue weighted by molar-refractivity contribution is -0.111. The summed E-state index contributed by atoms with van der Waals surface area (Å²) in [6.07, 6.45) is 0.992. The molecule has 7 heteroatoms. The monoisotopic (exact) mass is 284 g/mol. The van der Waals surface area contributed by atoms with Gasteiger partial charge in [-0.15, -0.1) is 0 Å². The van der Waals surface area contributed by atoms with E-state index in [1.54, 1.807) is 12.1 Å². The van der Waals surface area contributed by atoms with E-state index in [4.69, 9.17) is 0 Å². The summed E-state index contributed by atoms with van der Waals surface area (Å²) in [5, 5.41) is 9.46. The molecule has 1 aromatic heterocycles. The number of hydrogen-bond donors (Lipinski definition) is 3. The van der Waals surface area contributed by atoms with Crippen LogP contribution in [0.1, 0.15) is 26.4 Å². The van der Waals surface area contributed by atoms with Crippen LogP contribution in [0, 0.1) is 0 Å². The second-order valence-corrected chi connectivity index (χ2v) is 4.43.